The first kappa shape index (κ1) is 46.1. The fourth-order valence-electron chi connectivity index (χ4n) is 6.66. The number of rotatable bonds is 16. The van der Waals surface area contributed by atoms with Crippen LogP contribution in [0.1, 0.15) is 79.4 Å². The molecule has 12 heteroatoms. The average molecular weight is 792 g/mol. The van der Waals surface area contributed by atoms with Crippen molar-refractivity contribution < 1.29 is 28.3 Å². The van der Waals surface area contributed by atoms with E-state index in [9.17, 15) is 19.2 Å². The summed E-state index contributed by atoms with van der Waals surface area (Å²) in [4.78, 5) is 59.2. The number of aromatic nitrogens is 1. The summed E-state index contributed by atoms with van der Waals surface area (Å²) in [6.07, 6.45) is 2.37. The largest absolute Gasteiger partial charge is 0.444 e. The molecular formula is C44H66FN5O5Si. The minimum Gasteiger partial charge on any atom is -0.444 e. The van der Waals surface area contributed by atoms with E-state index in [1.807, 2.05) is 109 Å². The first-order valence-corrected chi connectivity index (χ1v) is 22.5. The smallest absolute Gasteiger partial charge is 0.407 e. The van der Waals surface area contributed by atoms with Crippen molar-refractivity contribution in [3.05, 3.63) is 83.8 Å². The molecule has 1 heterocycles. The lowest BCUT2D eigenvalue weighted by Crippen LogP contribution is -2.55. The van der Waals surface area contributed by atoms with Crippen LogP contribution in [-0.2, 0) is 27.2 Å². The molecule has 0 bridgehead atoms. The molecule has 4 N–H and O–H groups in total. The predicted octanol–water partition coefficient (Wildman–Crippen LogP) is 7.90. The van der Waals surface area contributed by atoms with Gasteiger partial charge in [0, 0.05) is 44.9 Å². The summed E-state index contributed by atoms with van der Waals surface area (Å²) in [7, 11) is 2.60. The van der Waals surface area contributed by atoms with E-state index < -0.39 is 66.1 Å². The van der Waals surface area contributed by atoms with Gasteiger partial charge < -0.3 is 30.4 Å². The summed E-state index contributed by atoms with van der Waals surface area (Å²) in [6, 6.07) is 17.0. The van der Waals surface area contributed by atoms with Crippen molar-refractivity contribution in [2.45, 2.75) is 117 Å². The normalized spacial score (nSPS) is 14.6. The molecule has 56 heavy (non-hydrogen) atoms. The van der Waals surface area contributed by atoms with Gasteiger partial charge in [-0.2, -0.15) is 0 Å². The Morgan fingerprint density at radius 1 is 0.857 bits per heavy atom. The van der Waals surface area contributed by atoms with Gasteiger partial charge in [-0.05, 0) is 111 Å². The van der Waals surface area contributed by atoms with E-state index in [1.54, 1.807) is 39.0 Å². The zero-order chi connectivity index (χ0) is 42.2. The van der Waals surface area contributed by atoms with Crippen molar-refractivity contribution in [3.63, 3.8) is 0 Å². The van der Waals surface area contributed by atoms with Crippen LogP contribution in [0.25, 0.3) is 11.1 Å². The molecule has 10 nitrogen and oxygen atoms in total. The van der Waals surface area contributed by atoms with Gasteiger partial charge in [-0.25, -0.2) is 14.2 Å². The Kier molecular flexibility index (Phi) is 15.4. The van der Waals surface area contributed by atoms with Crippen LogP contribution >= 0.6 is 0 Å². The summed E-state index contributed by atoms with van der Waals surface area (Å²) < 4.78 is 21.1. The molecule has 0 saturated heterocycles. The van der Waals surface area contributed by atoms with Crippen LogP contribution in [-0.4, -0.2) is 74.8 Å². The van der Waals surface area contributed by atoms with E-state index in [0.717, 1.165) is 22.5 Å². The van der Waals surface area contributed by atoms with E-state index >= 15 is 4.39 Å². The number of likely N-dealkylation sites (N-methyl/N-ethyl adjacent to an activating group) is 1. The van der Waals surface area contributed by atoms with Crippen molar-refractivity contribution in [2.24, 2.45) is 17.3 Å². The Balaban J connectivity index is 2.15. The molecule has 0 aliphatic heterocycles. The standard InChI is InChI=1S/C44H66FN5O5Si/c1-42(2,3)38(40(52)46-9)49-39(51)33(25-31-16-14-15-17-35(31)45)26-34(27-44(7,8)56(12,13)54)36(48-41(53)55-43(4,5)6)24-29-18-20-30(21-19-29)32-22-23-37(47-28-32)50(10)11/h14-23,28,33-34,36,38,54H,24-27H2,1-13H3,(H,46,52)(H,48,53)(H,49,51)/t33-,34-,36+,38-/m1/s1. The maximum atomic E-state index is 15.3. The van der Waals surface area contributed by atoms with Crippen LogP contribution in [0.4, 0.5) is 15.0 Å². The molecule has 0 spiro atoms. The number of hydrogen-bond acceptors (Lipinski definition) is 7. The van der Waals surface area contributed by atoms with Crippen LogP contribution in [0, 0.1) is 23.1 Å². The van der Waals surface area contributed by atoms with Crippen molar-refractivity contribution in [2.75, 3.05) is 26.0 Å². The van der Waals surface area contributed by atoms with Crippen LogP contribution in [0.5, 0.6) is 0 Å². The molecule has 0 saturated carbocycles. The molecule has 1 aromatic heterocycles. The molecule has 3 aromatic rings. The van der Waals surface area contributed by atoms with Gasteiger partial charge >= 0.3 is 6.09 Å². The second-order valence-electron chi connectivity index (χ2n) is 18.5. The first-order chi connectivity index (χ1) is 25.8. The van der Waals surface area contributed by atoms with Gasteiger partial charge in [0.05, 0.1) is 0 Å². The molecule has 4 atom stereocenters. The highest BCUT2D eigenvalue weighted by Crippen LogP contribution is 2.44. The average Bonchev–Trinajstić information content (AvgIpc) is 3.08. The summed E-state index contributed by atoms with van der Waals surface area (Å²) in [5.41, 5.74) is 1.88. The van der Waals surface area contributed by atoms with Gasteiger partial charge in [0.25, 0.3) is 0 Å². The highest BCUT2D eigenvalue weighted by molar-refractivity contribution is 6.72. The summed E-state index contributed by atoms with van der Waals surface area (Å²) in [5, 5.41) is 8.27. The highest BCUT2D eigenvalue weighted by Gasteiger charge is 2.43. The van der Waals surface area contributed by atoms with E-state index in [0.29, 0.717) is 18.4 Å². The minimum atomic E-state index is -2.82. The number of benzene rings is 2. The Morgan fingerprint density at radius 3 is 1.96 bits per heavy atom. The fraction of sp³-hybridized carbons (Fsp3) is 0.545. The molecule has 0 radical (unpaired) electrons. The molecule has 0 unspecified atom stereocenters. The number of halogens is 1. The number of carbonyl (C=O) groups excluding carboxylic acids is 3. The maximum Gasteiger partial charge on any atom is 0.407 e. The topological polar surface area (TPSA) is 133 Å². The van der Waals surface area contributed by atoms with Gasteiger partial charge in [0.1, 0.15) is 23.3 Å². The summed E-state index contributed by atoms with van der Waals surface area (Å²) in [6.45, 7) is 18.8. The number of pyridine rings is 1. The molecule has 2 aromatic carbocycles. The van der Waals surface area contributed by atoms with Crippen molar-refractivity contribution in [1.82, 2.24) is 20.9 Å². The quantitative estimate of drug-likeness (QED) is 0.109. The van der Waals surface area contributed by atoms with E-state index in [2.05, 4.69) is 20.9 Å². The van der Waals surface area contributed by atoms with Gasteiger partial charge in [0.15, 0.2) is 8.32 Å². The number of ether oxygens (including phenoxy) is 1. The maximum absolute atomic E-state index is 15.3. The molecule has 3 rings (SSSR count). The Bertz CT molecular complexity index is 1760. The lowest BCUT2D eigenvalue weighted by atomic mass is 9.78. The van der Waals surface area contributed by atoms with Crippen molar-refractivity contribution >= 4 is 32.0 Å². The van der Waals surface area contributed by atoms with E-state index in [-0.39, 0.29) is 18.7 Å². The van der Waals surface area contributed by atoms with Gasteiger partial charge in [0.2, 0.25) is 11.8 Å². The van der Waals surface area contributed by atoms with E-state index in [1.165, 1.54) is 13.1 Å². The monoisotopic (exact) mass is 791 g/mol. The third-order valence-corrected chi connectivity index (χ3v) is 14.2. The van der Waals surface area contributed by atoms with Crippen LogP contribution in [0.15, 0.2) is 66.9 Å². The fourth-order valence-corrected chi connectivity index (χ4v) is 7.42. The third-order valence-electron chi connectivity index (χ3n) is 10.7. The number of carbonyl (C=O) groups is 3. The SMILES string of the molecule is CNC(=O)[C@@H](NC(=O)[C@H](Cc1ccccc1F)C[C@H](CC(C)(C)[Si](C)(C)O)[C@H](Cc1ccc(-c2ccc(N(C)C)nc2)cc1)NC(=O)OC(C)(C)C)C(C)(C)C. The molecule has 308 valence electrons. The number of alkyl carbamates (subject to hydrolysis) is 1. The Morgan fingerprint density at radius 2 is 1.46 bits per heavy atom. The summed E-state index contributed by atoms with van der Waals surface area (Å²) >= 11 is 0. The number of nitrogens with one attached hydrogen (secondary N) is 3. The van der Waals surface area contributed by atoms with Crippen molar-refractivity contribution in [3.8, 4) is 11.1 Å². The lowest BCUT2D eigenvalue weighted by molar-refractivity contribution is -0.133. The second kappa shape index (κ2) is 18.8. The number of anilines is 1. The minimum absolute atomic E-state index is 0.0640. The molecule has 0 fully saturated rings. The Hall–Kier alpha value is -4.29. The first-order valence-electron chi connectivity index (χ1n) is 19.5. The number of amides is 3. The lowest BCUT2D eigenvalue weighted by Gasteiger charge is -2.41. The third kappa shape index (κ3) is 13.4. The van der Waals surface area contributed by atoms with Crippen LogP contribution < -0.4 is 20.9 Å². The predicted molar refractivity (Wildman–Crippen MR) is 226 cm³/mol. The zero-order valence-corrected chi connectivity index (χ0v) is 36.8. The van der Waals surface area contributed by atoms with Gasteiger partial charge in [-0.3, -0.25) is 9.59 Å². The Labute approximate surface area is 335 Å². The van der Waals surface area contributed by atoms with Crippen molar-refractivity contribution in [1.29, 1.82) is 0 Å². The highest BCUT2D eigenvalue weighted by atomic mass is 28.4. The molecule has 0 aliphatic rings. The number of nitrogens with zero attached hydrogens (tertiary/aromatic N) is 2. The molecular weight excluding hydrogens is 726 g/mol. The summed E-state index contributed by atoms with van der Waals surface area (Å²) in [5.74, 6) is -1.50. The van der Waals surface area contributed by atoms with Gasteiger partial charge in [-0.15, -0.1) is 0 Å². The number of hydrogen-bond donors (Lipinski definition) is 4. The second-order valence-corrected chi connectivity index (χ2v) is 23.0. The van der Waals surface area contributed by atoms with Crippen LogP contribution in [0.2, 0.25) is 18.1 Å². The van der Waals surface area contributed by atoms with E-state index in [4.69, 9.17) is 4.74 Å². The molecule has 0 aliphatic carbocycles. The zero-order valence-electron chi connectivity index (χ0n) is 35.8. The van der Waals surface area contributed by atoms with Crippen LogP contribution in [0.3, 0.4) is 0 Å². The van der Waals surface area contributed by atoms with Gasteiger partial charge in [-0.1, -0.05) is 77.1 Å². The molecule has 3 amide bonds.